The predicted octanol–water partition coefficient (Wildman–Crippen LogP) is 2.45. The Balaban J connectivity index is 2.67. The highest BCUT2D eigenvalue weighted by atomic mass is 79.9. The smallest absolute Gasteiger partial charge is 0.210 e. The van der Waals surface area contributed by atoms with Crippen LogP contribution < -0.4 is 4.72 Å². The van der Waals surface area contributed by atoms with Gasteiger partial charge in [0.2, 0.25) is 10.0 Å². The van der Waals surface area contributed by atoms with Crippen LogP contribution in [0.15, 0.2) is 21.7 Å². The standard InChI is InChI=1S/C9H14BrNO2S2/c1-9(2,6-10)7-11-15(12,13)8-4-3-5-14-8/h3-5,11H,6-7H2,1-2H3. The lowest BCUT2D eigenvalue weighted by atomic mass is 9.98. The minimum atomic E-state index is -3.31. The monoisotopic (exact) mass is 311 g/mol. The van der Waals surface area contributed by atoms with E-state index in [1.165, 1.54) is 11.3 Å². The third-order valence-electron chi connectivity index (χ3n) is 1.86. The first-order chi connectivity index (χ1) is 6.87. The Hall–Kier alpha value is 0.0900. The van der Waals surface area contributed by atoms with E-state index < -0.39 is 10.0 Å². The fourth-order valence-corrected chi connectivity index (χ4v) is 3.30. The molecule has 0 aliphatic carbocycles. The molecule has 0 aliphatic heterocycles. The van der Waals surface area contributed by atoms with Crippen LogP contribution >= 0.6 is 27.3 Å². The Kier molecular flexibility index (Phi) is 4.34. The largest absolute Gasteiger partial charge is 0.250 e. The maximum atomic E-state index is 11.7. The Morgan fingerprint density at radius 2 is 2.20 bits per heavy atom. The average Bonchev–Trinajstić information content (AvgIpc) is 2.69. The van der Waals surface area contributed by atoms with E-state index in [9.17, 15) is 8.42 Å². The number of halogens is 1. The molecule has 1 heterocycles. The van der Waals surface area contributed by atoms with Crippen molar-refractivity contribution >= 4 is 37.3 Å². The molecule has 6 heteroatoms. The van der Waals surface area contributed by atoms with E-state index in [-0.39, 0.29) is 5.41 Å². The van der Waals surface area contributed by atoms with E-state index in [0.29, 0.717) is 10.8 Å². The number of hydrogen-bond acceptors (Lipinski definition) is 3. The molecular formula is C9H14BrNO2S2. The molecule has 0 aliphatic rings. The molecule has 0 saturated heterocycles. The first kappa shape index (κ1) is 13.2. The molecule has 1 aromatic rings. The third-order valence-corrected chi connectivity index (χ3v) is 6.18. The Morgan fingerprint density at radius 1 is 1.53 bits per heavy atom. The zero-order chi connectivity index (χ0) is 11.5. The van der Waals surface area contributed by atoms with Crippen LogP contribution in [0.4, 0.5) is 0 Å². The topological polar surface area (TPSA) is 46.2 Å². The first-order valence-electron chi connectivity index (χ1n) is 4.46. The van der Waals surface area contributed by atoms with Crippen LogP contribution in [0.1, 0.15) is 13.8 Å². The second-order valence-electron chi connectivity index (χ2n) is 4.05. The van der Waals surface area contributed by atoms with Gasteiger partial charge < -0.3 is 0 Å². The van der Waals surface area contributed by atoms with Crippen molar-refractivity contribution in [3.8, 4) is 0 Å². The first-order valence-corrected chi connectivity index (χ1v) is 7.95. The van der Waals surface area contributed by atoms with Crippen molar-refractivity contribution in [1.82, 2.24) is 4.72 Å². The van der Waals surface area contributed by atoms with Gasteiger partial charge in [-0.3, -0.25) is 0 Å². The molecular weight excluding hydrogens is 298 g/mol. The number of nitrogens with one attached hydrogen (secondary N) is 1. The summed E-state index contributed by atoms with van der Waals surface area (Å²) in [5.74, 6) is 0. The molecule has 1 rings (SSSR count). The van der Waals surface area contributed by atoms with Gasteiger partial charge in [-0.05, 0) is 16.9 Å². The van der Waals surface area contributed by atoms with Gasteiger partial charge in [-0.15, -0.1) is 11.3 Å². The average molecular weight is 312 g/mol. The maximum Gasteiger partial charge on any atom is 0.250 e. The van der Waals surface area contributed by atoms with Crippen LogP contribution in [0.5, 0.6) is 0 Å². The van der Waals surface area contributed by atoms with Crippen LogP contribution in [0.2, 0.25) is 0 Å². The molecule has 0 saturated carbocycles. The van der Waals surface area contributed by atoms with Gasteiger partial charge in [0, 0.05) is 11.9 Å². The van der Waals surface area contributed by atoms with Gasteiger partial charge in [0.25, 0.3) is 0 Å². The number of alkyl halides is 1. The lowest BCUT2D eigenvalue weighted by Gasteiger charge is -2.21. The fourth-order valence-electron chi connectivity index (χ4n) is 0.825. The summed E-state index contributed by atoms with van der Waals surface area (Å²) in [6, 6.07) is 3.34. The van der Waals surface area contributed by atoms with Crippen LogP contribution in [0.3, 0.4) is 0 Å². The summed E-state index contributed by atoms with van der Waals surface area (Å²) >= 11 is 4.58. The van der Waals surface area contributed by atoms with E-state index in [4.69, 9.17) is 0 Å². The van der Waals surface area contributed by atoms with Gasteiger partial charge in [-0.2, -0.15) is 0 Å². The Labute approximate surface area is 103 Å². The molecule has 15 heavy (non-hydrogen) atoms. The van der Waals surface area contributed by atoms with Crippen molar-refractivity contribution in [1.29, 1.82) is 0 Å². The lowest BCUT2D eigenvalue weighted by Crippen LogP contribution is -2.34. The van der Waals surface area contributed by atoms with E-state index in [0.717, 1.165) is 5.33 Å². The second kappa shape index (κ2) is 4.95. The van der Waals surface area contributed by atoms with Gasteiger partial charge in [0.15, 0.2) is 0 Å². The zero-order valence-corrected chi connectivity index (χ0v) is 11.9. The molecule has 3 nitrogen and oxygen atoms in total. The summed E-state index contributed by atoms with van der Waals surface area (Å²) < 4.78 is 26.5. The molecule has 0 amide bonds. The van der Waals surface area contributed by atoms with Crippen LogP contribution in [0, 0.1) is 5.41 Å². The molecule has 0 aromatic carbocycles. The summed E-state index contributed by atoms with van der Waals surface area (Å²) in [4.78, 5) is 0. The number of thiophene rings is 1. The molecule has 0 radical (unpaired) electrons. The second-order valence-corrected chi connectivity index (χ2v) is 7.56. The maximum absolute atomic E-state index is 11.7. The molecule has 1 N–H and O–H groups in total. The quantitative estimate of drug-likeness (QED) is 0.849. The molecule has 0 bridgehead atoms. The highest BCUT2D eigenvalue weighted by molar-refractivity contribution is 9.09. The number of hydrogen-bond donors (Lipinski definition) is 1. The number of sulfonamides is 1. The van der Waals surface area contributed by atoms with E-state index in [1.54, 1.807) is 17.5 Å². The van der Waals surface area contributed by atoms with Gasteiger partial charge in [0.1, 0.15) is 4.21 Å². The lowest BCUT2D eigenvalue weighted by molar-refractivity contribution is 0.420. The van der Waals surface area contributed by atoms with Crippen LogP contribution in [-0.4, -0.2) is 20.3 Å². The molecule has 1 aromatic heterocycles. The third kappa shape index (κ3) is 3.86. The normalized spacial score (nSPS) is 13.0. The molecule has 0 atom stereocenters. The Morgan fingerprint density at radius 3 is 2.67 bits per heavy atom. The molecule has 0 unspecified atom stereocenters. The van der Waals surface area contributed by atoms with Crippen molar-refractivity contribution in [3.05, 3.63) is 17.5 Å². The predicted molar refractivity (Wildman–Crippen MR) is 67.1 cm³/mol. The summed E-state index contributed by atoms with van der Waals surface area (Å²) in [5, 5.41) is 2.51. The van der Waals surface area contributed by atoms with Gasteiger partial charge in [-0.1, -0.05) is 35.8 Å². The number of rotatable bonds is 5. The van der Waals surface area contributed by atoms with Gasteiger partial charge >= 0.3 is 0 Å². The van der Waals surface area contributed by atoms with Gasteiger partial charge in [-0.25, -0.2) is 13.1 Å². The van der Waals surface area contributed by atoms with Crippen molar-refractivity contribution in [2.45, 2.75) is 18.1 Å². The summed E-state index contributed by atoms with van der Waals surface area (Å²) in [7, 11) is -3.31. The van der Waals surface area contributed by atoms with Crippen molar-refractivity contribution in [2.75, 3.05) is 11.9 Å². The van der Waals surface area contributed by atoms with Crippen molar-refractivity contribution in [2.24, 2.45) is 5.41 Å². The minimum Gasteiger partial charge on any atom is -0.210 e. The van der Waals surface area contributed by atoms with Crippen molar-refractivity contribution in [3.63, 3.8) is 0 Å². The highest BCUT2D eigenvalue weighted by Crippen LogP contribution is 2.19. The molecule has 0 fully saturated rings. The van der Waals surface area contributed by atoms with E-state index in [2.05, 4.69) is 20.7 Å². The highest BCUT2D eigenvalue weighted by Gasteiger charge is 2.21. The SMILES string of the molecule is CC(C)(CBr)CNS(=O)(=O)c1cccs1. The summed E-state index contributed by atoms with van der Waals surface area (Å²) in [6.45, 7) is 4.43. The molecule has 0 spiro atoms. The van der Waals surface area contributed by atoms with Crippen LogP contribution in [0.25, 0.3) is 0 Å². The van der Waals surface area contributed by atoms with Crippen LogP contribution in [-0.2, 0) is 10.0 Å². The summed E-state index contributed by atoms with van der Waals surface area (Å²) in [6.07, 6.45) is 0. The Bertz CT molecular complexity index is 398. The zero-order valence-electron chi connectivity index (χ0n) is 8.66. The van der Waals surface area contributed by atoms with Crippen molar-refractivity contribution < 1.29 is 8.42 Å². The van der Waals surface area contributed by atoms with Gasteiger partial charge in [0.05, 0.1) is 0 Å². The fraction of sp³-hybridized carbons (Fsp3) is 0.556. The van der Waals surface area contributed by atoms with E-state index in [1.807, 2.05) is 13.8 Å². The van der Waals surface area contributed by atoms with E-state index >= 15 is 0 Å². The minimum absolute atomic E-state index is 0.0790. The summed E-state index contributed by atoms with van der Waals surface area (Å²) in [5.41, 5.74) is -0.0790. The molecule has 86 valence electrons.